The molecule has 0 saturated carbocycles. The molecule has 7 heteroatoms. The molecule has 0 aliphatic heterocycles. The predicted molar refractivity (Wildman–Crippen MR) is 28.1 cm³/mol. The fourth-order valence-electron chi connectivity index (χ4n) is 0. The van der Waals surface area contributed by atoms with Crippen molar-refractivity contribution in [2.24, 2.45) is 0 Å². The maximum atomic E-state index is 10.9. The molecule has 0 aromatic heterocycles. The molecular formula is C3H2Cl2F5. The van der Waals surface area contributed by atoms with Gasteiger partial charge in [-0.2, -0.15) is 8.78 Å². The molecule has 10 heavy (non-hydrogen) atoms. The average molecular weight is 204 g/mol. The first-order chi connectivity index (χ1) is 4.36. The van der Waals surface area contributed by atoms with Gasteiger partial charge in [0.2, 0.25) is 6.13 Å². The van der Waals surface area contributed by atoms with Gasteiger partial charge in [-0.15, -0.1) is 0 Å². The van der Waals surface area contributed by atoms with Crippen LogP contribution in [0.5, 0.6) is 0 Å². The zero-order chi connectivity index (χ0) is 8.78. The van der Waals surface area contributed by atoms with Gasteiger partial charge in [-0.05, 0) is 11.6 Å². The summed E-state index contributed by atoms with van der Waals surface area (Å²) >= 11 is 7.99. The van der Waals surface area contributed by atoms with E-state index in [4.69, 9.17) is 0 Å². The second-order valence-corrected chi connectivity index (χ2v) is 1.59. The minimum absolute atomic E-state index is 0.0278. The summed E-state index contributed by atoms with van der Waals surface area (Å²) in [6.07, 6.45) is -3.80. The Kier molecular flexibility index (Phi) is 7.69. The Bertz CT molecular complexity index is 69.8. The second kappa shape index (κ2) is 5.97. The number of hydrogen-bond donors (Lipinski definition) is 0. The Morgan fingerprint density at radius 3 is 1.40 bits per heavy atom. The number of rotatable bonds is 1. The van der Waals surface area contributed by atoms with Gasteiger partial charge >= 0.3 is 11.8 Å². The average Bonchev–Trinajstić information content (AvgIpc) is 1.64. The van der Waals surface area contributed by atoms with Crippen molar-refractivity contribution < 1.29 is 22.0 Å². The summed E-state index contributed by atoms with van der Waals surface area (Å²) in [4.78, 5) is 0. The molecule has 0 aliphatic carbocycles. The number of halogens is 7. The van der Waals surface area contributed by atoms with E-state index in [2.05, 4.69) is 23.2 Å². The first-order valence-corrected chi connectivity index (χ1v) is 2.54. The number of alkyl halides is 5. The zero-order valence-electron chi connectivity index (χ0n) is 4.30. The van der Waals surface area contributed by atoms with E-state index >= 15 is 0 Å². The fraction of sp³-hybridized carbons (Fsp3) is 0.667. The Balaban J connectivity index is 0. The highest BCUT2D eigenvalue weighted by Crippen LogP contribution is 2.26. The summed E-state index contributed by atoms with van der Waals surface area (Å²) < 4.78 is 53.0. The van der Waals surface area contributed by atoms with Crippen LogP contribution in [0, 0.1) is 6.13 Å². The maximum absolute atomic E-state index is 10.9. The summed E-state index contributed by atoms with van der Waals surface area (Å²) in [5, 5.41) is -4.36. The molecule has 0 fully saturated rings. The molecule has 0 heterocycles. The number of hydrogen-bond acceptors (Lipinski definition) is 0. The molecule has 0 aromatic carbocycles. The Hall–Kier alpha value is 0.230. The van der Waals surface area contributed by atoms with Crippen LogP contribution >= 0.6 is 23.2 Å². The lowest BCUT2D eigenvalue weighted by Crippen LogP contribution is -2.17. The highest BCUT2D eigenvalue weighted by atomic mass is 35.5. The van der Waals surface area contributed by atoms with Crippen molar-refractivity contribution in [1.82, 2.24) is 0 Å². The van der Waals surface area contributed by atoms with Gasteiger partial charge in [-0.3, -0.25) is 0 Å². The molecule has 0 spiro atoms. The van der Waals surface area contributed by atoms with Gasteiger partial charge in [-0.25, -0.2) is 13.2 Å². The van der Waals surface area contributed by atoms with E-state index in [1.165, 1.54) is 0 Å². The summed E-state index contributed by atoms with van der Waals surface area (Å²) in [5.41, 5.74) is 0. The molecule has 0 atom stereocenters. The quantitative estimate of drug-likeness (QED) is 0.453. The van der Waals surface area contributed by atoms with E-state index in [9.17, 15) is 22.0 Å². The third-order valence-corrected chi connectivity index (χ3v) is 0.412. The molecule has 0 aliphatic rings. The molecule has 0 nitrogen and oxygen atoms in total. The van der Waals surface area contributed by atoms with E-state index < -0.39 is 11.8 Å². The Morgan fingerprint density at radius 1 is 1.30 bits per heavy atom. The lowest BCUT2D eigenvalue weighted by atomic mass is 10.7. The second-order valence-electron chi connectivity index (χ2n) is 0.925. The van der Waals surface area contributed by atoms with Crippen molar-refractivity contribution >= 4 is 23.2 Å². The minimum Gasteiger partial charge on any atom is -0.225 e. The van der Waals surface area contributed by atoms with Crippen molar-refractivity contribution in [1.29, 1.82) is 0 Å². The van der Waals surface area contributed by atoms with Crippen LogP contribution in [0.4, 0.5) is 22.0 Å². The van der Waals surface area contributed by atoms with E-state index in [1.54, 1.807) is 0 Å². The van der Waals surface area contributed by atoms with Gasteiger partial charge in [0, 0.05) is 0 Å². The topological polar surface area (TPSA) is 0 Å². The van der Waals surface area contributed by atoms with Crippen LogP contribution in [0.2, 0.25) is 0 Å². The standard InChI is InChI=1S/C2HClF4.CHClF/c3-2(6,7)1(4)5;2-1-3/h1H;1H. The fourth-order valence-corrected chi connectivity index (χ4v) is 0. The summed E-state index contributed by atoms with van der Waals surface area (Å²) in [6, 6.07) is 0. The molecule has 63 valence electrons. The lowest BCUT2D eigenvalue weighted by molar-refractivity contribution is -0.0629. The molecule has 0 rings (SSSR count). The first-order valence-electron chi connectivity index (χ1n) is 1.73. The van der Waals surface area contributed by atoms with Gasteiger partial charge < -0.3 is 0 Å². The van der Waals surface area contributed by atoms with Crippen molar-refractivity contribution in [3.05, 3.63) is 6.13 Å². The summed E-state index contributed by atoms with van der Waals surface area (Å²) in [5.74, 6) is 0. The van der Waals surface area contributed by atoms with Gasteiger partial charge in [0.15, 0.2) is 0 Å². The van der Waals surface area contributed by atoms with E-state index in [1.807, 2.05) is 0 Å². The van der Waals surface area contributed by atoms with Gasteiger partial charge in [-0.1, -0.05) is 11.6 Å². The van der Waals surface area contributed by atoms with E-state index in [0.717, 1.165) is 0 Å². The van der Waals surface area contributed by atoms with E-state index in [-0.39, 0.29) is 6.13 Å². The first kappa shape index (κ1) is 12.9. The molecule has 0 aromatic rings. The van der Waals surface area contributed by atoms with E-state index in [0.29, 0.717) is 0 Å². The molecular weight excluding hydrogens is 202 g/mol. The molecule has 0 amide bonds. The predicted octanol–water partition coefficient (Wildman–Crippen LogP) is 3.40. The summed E-state index contributed by atoms with van der Waals surface area (Å²) in [6.45, 7) is 0. The smallest absolute Gasteiger partial charge is 0.225 e. The SMILES string of the molecule is FC(F)C(F)(F)Cl.F[CH]Cl. The molecule has 0 bridgehead atoms. The zero-order valence-corrected chi connectivity index (χ0v) is 5.81. The third-order valence-electron chi connectivity index (χ3n) is 0.247. The van der Waals surface area contributed by atoms with Crippen LogP contribution in [0.1, 0.15) is 0 Å². The van der Waals surface area contributed by atoms with Crippen LogP contribution in [-0.4, -0.2) is 11.8 Å². The largest absolute Gasteiger partial charge is 0.381 e. The molecule has 0 N–H and O–H groups in total. The van der Waals surface area contributed by atoms with Crippen molar-refractivity contribution in [3.8, 4) is 0 Å². The summed E-state index contributed by atoms with van der Waals surface area (Å²) in [7, 11) is 0. The van der Waals surface area contributed by atoms with Crippen LogP contribution in [-0.2, 0) is 0 Å². The van der Waals surface area contributed by atoms with Gasteiger partial charge in [0.25, 0.3) is 0 Å². The monoisotopic (exact) mass is 203 g/mol. The van der Waals surface area contributed by atoms with Crippen LogP contribution < -0.4 is 0 Å². The normalized spacial score (nSPS) is 10.8. The molecule has 0 unspecified atom stereocenters. The van der Waals surface area contributed by atoms with Gasteiger partial charge in [0.1, 0.15) is 0 Å². The maximum Gasteiger partial charge on any atom is 0.381 e. The Labute approximate surface area is 63.9 Å². The van der Waals surface area contributed by atoms with Crippen LogP contribution in [0.15, 0.2) is 0 Å². The lowest BCUT2D eigenvalue weighted by Gasteiger charge is -2.02. The van der Waals surface area contributed by atoms with Crippen molar-refractivity contribution in [3.63, 3.8) is 0 Å². The Morgan fingerprint density at radius 2 is 1.40 bits per heavy atom. The highest BCUT2D eigenvalue weighted by molar-refractivity contribution is 6.22. The van der Waals surface area contributed by atoms with Crippen LogP contribution in [0.25, 0.3) is 0 Å². The third kappa shape index (κ3) is 11.1. The highest BCUT2D eigenvalue weighted by Gasteiger charge is 2.37. The minimum atomic E-state index is -4.36. The van der Waals surface area contributed by atoms with Gasteiger partial charge in [0.05, 0.1) is 0 Å². The molecule has 1 radical (unpaired) electrons. The molecule has 0 saturated heterocycles. The van der Waals surface area contributed by atoms with Crippen molar-refractivity contribution in [2.45, 2.75) is 11.8 Å². The van der Waals surface area contributed by atoms with Crippen LogP contribution in [0.3, 0.4) is 0 Å². The van der Waals surface area contributed by atoms with Crippen molar-refractivity contribution in [2.75, 3.05) is 0 Å².